The van der Waals surface area contributed by atoms with Crippen molar-refractivity contribution >= 4 is 27.6 Å². The van der Waals surface area contributed by atoms with Crippen molar-refractivity contribution in [2.24, 2.45) is 0 Å². The Morgan fingerprint density at radius 1 is 0.962 bits per heavy atom. The maximum Gasteiger partial charge on any atom is 0.296 e. The van der Waals surface area contributed by atoms with Crippen molar-refractivity contribution in [3.8, 4) is 0 Å². The molecule has 1 saturated heterocycles. The van der Waals surface area contributed by atoms with Gasteiger partial charge in [-0.1, -0.05) is 44.7 Å². The summed E-state index contributed by atoms with van der Waals surface area (Å²) >= 11 is 1.49. The van der Waals surface area contributed by atoms with E-state index in [0.717, 1.165) is 35.7 Å². The highest BCUT2D eigenvalue weighted by atomic mass is 32.2. The van der Waals surface area contributed by atoms with Gasteiger partial charge in [-0.2, -0.15) is 8.42 Å². The summed E-state index contributed by atoms with van der Waals surface area (Å²) in [6.45, 7) is 8.16. The lowest BCUT2D eigenvalue weighted by Crippen LogP contribution is -2.20. The lowest BCUT2D eigenvalue weighted by molar-refractivity contribution is 0.483. The molecule has 6 heteroatoms. The van der Waals surface area contributed by atoms with Crippen LogP contribution >= 0.6 is 11.8 Å². The zero-order chi connectivity index (χ0) is 18.9. The molecule has 1 heterocycles. The highest BCUT2D eigenvalue weighted by Gasteiger charge is 2.23. The fourth-order valence-corrected chi connectivity index (χ4v) is 4.81. The third-order valence-corrected chi connectivity index (χ3v) is 6.49. The molecule has 0 unspecified atom stereocenters. The molecule has 0 saturated carbocycles. The summed E-state index contributed by atoms with van der Waals surface area (Å²) in [7, 11) is -4.27. The van der Waals surface area contributed by atoms with Gasteiger partial charge in [-0.25, -0.2) is 0 Å². The second-order valence-electron chi connectivity index (χ2n) is 7.68. The quantitative estimate of drug-likeness (QED) is 0.745. The fourth-order valence-electron chi connectivity index (χ4n) is 3.14. The van der Waals surface area contributed by atoms with E-state index in [-0.39, 0.29) is 10.3 Å². The molecule has 0 aromatic heterocycles. The SMILES string of the molecule is CC(C)(C)c1ccc(Sc2ccc(N3CCCC3)c(S(=O)(=O)O)c2)cc1. The van der Waals surface area contributed by atoms with Crippen LogP contribution in [0.25, 0.3) is 0 Å². The van der Waals surface area contributed by atoms with E-state index in [1.54, 1.807) is 12.1 Å². The fraction of sp³-hybridized carbons (Fsp3) is 0.400. The van der Waals surface area contributed by atoms with Gasteiger partial charge in [0.15, 0.2) is 0 Å². The predicted octanol–water partition coefficient (Wildman–Crippen LogP) is 4.98. The molecular formula is C20H25NO3S2. The van der Waals surface area contributed by atoms with Gasteiger partial charge in [-0.3, -0.25) is 4.55 Å². The highest BCUT2D eigenvalue weighted by Crippen LogP contribution is 2.35. The van der Waals surface area contributed by atoms with Crippen molar-refractivity contribution in [3.05, 3.63) is 48.0 Å². The Morgan fingerprint density at radius 3 is 2.08 bits per heavy atom. The molecule has 26 heavy (non-hydrogen) atoms. The Bertz CT molecular complexity index is 878. The van der Waals surface area contributed by atoms with E-state index in [2.05, 4.69) is 32.9 Å². The largest absolute Gasteiger partial charge is 0.370 e. The summed E-state index contributed by atoms with van der Waals surface area (Å²) in [6.07, 6.45) is 2.09. The Labute approximate surface area is 160 Å². The van der Waals surface area contributed by atoms with E-state index in [4.69, 9.17) is 0 Å². The van der Waals surface area contributed by atoms with Crippen LogP contribution in [0.15, 0.2) is 57.2 Å². The summed E-state index contributed by atoms with van der Waals surface area (Å²) in [4.78, 5) is 3.85. The average Bonchev–Trinajstić information content (AvgIpc) is 3.08. The van der Waals surface area contributed by atoms with Crippen LogP contribution in [0.5, 0.6) is 0 Å². The first-order chi connectivity index (χ1) is 12.1. The van der Waals surface area contributed by atoms with Gasteiger partial charge in [0, 0.05) is 22.9 Å². The second-order valence-corrected chi connectivity index (χ2v) is 10.2. The summed E-state index contributed by atoms with van der Waals surface area (Å²) in [5, 5.41) is 0. The monoisotopic (exact) mass is 391 g/mol. The summed E-state index contributed by atoms with van der Waals surface area (Å²) < 4.78 is 33.5. The Morgan fingerprint density at radius 2 is 1.54 bits per heavy atom. The van der Waals surface area contributed by atoms with Crippen molar-refractivity contribution in [2.45, 2.75) is 53.7 Å². The molecule has 0 bridgehead atoms. The second kappa shape index (κ2) is 7.25. The summed E-state index contributed by atoms with van der Waals surface area (Å²) in [5.74, 6) is 0. The van der Waals surface area contributed by atoms with Crippen LogP contribution in [0, 0.1) is 0 Å². The number of hydrogen-bond acceptors (Lipinski definition) is 4. The molecule has 1 aliphatic rings. The van der Waals surface area contributed by atoms with E-state index < -0.39 is 10.1 Å². The van der Waals surface area contributed by atoms with Crippen LogP contribution in [-0.2, 0) is 15.5 Å². The Kier molecular flexibility index (Phi) is 5.37. The molecule has 0 amide bonds. The van der Waals surface area contributed by atoms with Gasteiger partial charge in [0.05, 0.1) is 5.69 Å². The maximum atomic E-state index is 11.9. The molecule has 4 nitrogen and oxygen atoms in total. The van der Waals surface area contributed by atoms with E-state index in [0.29, 0.717) is 5.69 Å². The van der Waals surface area contributed by atoms with Gasteiger partial charge >= 0.3 is 0 Å². The average molecular weight is 392 g/mol. The molecule has 3 rings (SSSR count). The zero-order valence-corrected chi connectivity index (χ0v) is 17.0. The molecule has 1 fully saturated rings. The third-order valence-electron chi connectivity index (χ3n) is 4.61. The van der Waals surface area contributed by atoms with Gasteiger partial charge < -0.3 is 4.90 Å². The molecule has 2 aromatic carbocycles. The first-order valence-electron chi connectivity index (χ1n) is 8.79. The van der Waals surface area contributed by atoms with Crippen LogP contribution < -0.4 is 4.90 Å². The molecule has 1 aliphatic heterocycles. The number of benzene rings is 2. The smallest absolute Gasteiger partial charge is 0.296 e. The number of hydrogen-bond donors (Lipinski definition) is 1. The standard InChI is InChI=1S/C20H25NO3S2/c1-20(2,3)15-6-8-16(9-7-15)25-17-10-11-18(21-12-4-5-13-21)19(14-17)26(22,23)24/h6-11,14H,4-5,12-13H2,1-3H3,(H,22,23,24). The van der Waals surface area contributed by atoms with E-state index in [1.165, 1.54) is 17.3 Å². The van der Waals surface area contributed by atoms with Gasteiger partial charge in [-0.05, 0) is 54.2 Å². The first kappa shape index (κ1) is 19.3. The van der Waals surface area contributed by atoms with Crippen LogP contribution in [0.2, 0.25) is 0 Å². The third kappa shape index (κ3) is 4.42. The van der Waals surface area contributed by atoms with Crippen molar-refractivity contribution in [3.63, 3.8) is 0 Å². The zero-order valence-electron chi connectivity index (χ0n) is 15.4. The van der Waals surface area contributed by atoms with Crippen LogP contribution in [0.3, 0.4) is 0 Å². The molecule has 2 aromatic rings. The highest BCUT2D eigenvalue weighted by molar-refractivity contribution is 7.99. The molecule has 0 radical (unpaired) electrons. The molecule has 0 atom stereocenters. The normalized spacial score (nSPS) is 15.5. The molecule has 1 N–H and O–H groups in total. The van der Waals surface area contributed by atoms with Gasteiger partial charge in [0.2, 0.25) is 0 Å². The van der Waals surface area contributed by atoms with Crippen molar-refractivity contribution < 1.29 is 13.0 Å². The minimum atomic E-state index is -4.27. The lowest BCUT2D eigenvalue weighted by atomic mass is 9.87. The van der Waals surface area contributed by atoms with Crippen molar-refractivity contribution in [1.29, 1.82) is 0 Å². The minimum Gasteiger partial charge on any atom is -0.370 e. The van der Waals surface area contributed by atoms with Crippen molar-refractivity contribution in [2.75, 3.05) is 18.0 Å². The van der Waals surface area contributed by atoms with E-state index >= 15 is 0 Å². The van der Waals surface area contributed by atoms with Crippen LogP contribution in [0.4, 0.5) is 5.69 Å². The van der Waals surface area contributed by atoms with Gasteiger partial charge in [-0.15, -0.1) is 0 Å². The maximum absolute atomic E-state index is 11.9. The molecule has 140 valence electrons. The molecular weight excluding hydrogens is 366 g/mol. The topological polar surface area (TPSA) is 57.6 Å². The number of nitrogens with zero attached hydrogens (tertiary/aromatic N) is 1. The number of rotatable bonds is 4. The van der Waals surface area contributed by atoms with Crippen molar-refractivity contribution in [1.82, 2.24) is 0 Å². The van der Waals surface area contributed by atoms with Gasteiger partial charge in [0.1, 0.15) is 4.90 Å². The summed E-state index contributed by atoms with van der Waals surface area (Å²) in [6, 6.07) is 13.6. The predicted molar refractivity (Wildman–Crippen MR) is 107 cm³/mol. The lowest BCUT2D eigenvalue weighted by Gasteiger charge is -2.21. The number of anilines is 1. The van der Waals surface area contributed by atoms with E-state index in [9.17, 15) is 13.0 Å². The summed E-state index contributed by atoms with van der Waals surface area (Å²) in [5.41, 5.74) is 1.95. The molecule has 0 spiro atoms. The minimum absolute atomic E-state index is 0.00397. The first-order valence-corrected chi connectivity index (χ1v) is 11.1. The Hall–Kier alpha value is -1.50. The van der Waals surface area contributed by atoms with Crippen LogP contribution in [0.1, 0.15) is 39.2 Å². The molecule has 0 aliphatic carbocycles. The Balaban J connectivity index is 1.89. The van der Waals surface area contributed by atoms with E-state index in [1.807, 2.05) is 23.1 Å². The van der Waals surface area contributed by atoms with Gasteiger partial charge in [0.25, 0.3) is 10.1 Å². The van der Waals surface area contributed by atoms with Crippen LogP contribution in [-0.4, -0.2) is 26.1 Å².